The third-order valence-electron chi connectivity index (χ3n) is 2.44. The van der Waals surface area contributed by atoms with Gasteiger partial charge in [0.05, 0.1) is 0 Å². The maximum Gasteiger partial charge on any atom is 0.222 e. The zero-order chi connectivity index (χ0) is 11.1. The van der Waals surface area contributed by atoms with Crippen LogP contribution in [-0.2, 0) is 9.59 Å². The van der Waals surface area contributed by atoms with Crippen molar-refractivity contribution in [3.63, 3.8) is 0 Å². The summed E-state index contributed by atoms with van der Waals surface area (Å²) in [6.07, 6.45) is 2.96. The van der Waals surface area contributed by atoms with Crippen LogP contribution < -0.4 is 5.32 Å². The van der Waals surface area contributed by atoms with Gasteiger partial charge in [-0.2, -0.15) is 12.6 Å². The average Bonchev–Trinajstić information content (AvgIpc) is 2.60. The first-order chi connectivity index (χ1) is 7.24. The van der Waals surface area contributed by atoms with E-state index in [0.29, 0.717) is 25.1 Å². The van der Waals surface area contributed by atoms with Gasteiger partial charge in [-0.25, -0.2) is 0 Å². The first kappa shape index (κ1) is 12.4. The second-order valence-electron chi connectivity index (χ2n) is 3.66. The molecule has 1 aliphatic rings. The molecule has 0 radical (unpaired) electrons. The fraction of sp³-hybridized carbons (Fsp3) is 0.800. The molecule has 0 aliphatic carbocycles. The Morgan fingerprint density at radius 3 is 2.93 bits per heavy atom. The van der Waals surface area contributed by atoms with Gasteiger partial charge in [0.1, 0.15) is 0 Å². The lowest BCUT2D eigenvalue weighted by Crippen LogP contribution is -2.30. The fourth-order valence-electron chi connectivity index (χ4n) is 1.63. The zero-order valence-electron chi connectivity index (χ0n) is 8.87. The Labute approximate surface area is 95.8 Å². The number of hydrogen-bond donors (Lipinski definition) is 2. The summed E-state index contributed by atoms with van der Waals surface area (Å²) in [5.74, 6) is 0.866. The molecular weight excluding hydrogens is 212 g/mol. The molecular formula is C10H18N2O2S. The van der Waals surface area contributed by atoms with Crippen LogP contribution in [0.3, 0.4) is 0 Å². The van der Waals surface area contributed by atoms with Crippen LogP contribution in [0, 0.1) is 0 Å². The van der Waals surface area contributed by atoms with Gasteiger partial charge >= 0.3 is 0 Å². The van der Waals surface area contributed by atoms with E-state index in [1.165, 1.54) is 0 Å². The third-order valence-corrected chi connectivity index (χ3v) is 2.66. The molecule has 0 aromatic rings. The first-order valence-corrected chi connectivity index (χ1v) is 6.02. The molecule has 86 valence electrons. The summed E-state index contributed by atoms with van der Waals surface area (Å²) in [5.41, 5.74) is 0. The van der Waals surface area contributed by atoms with Gasteiger partial charge in [-0.1, -0.05) is 0 Å². The SMILES string of the molecule is O=C(CCS)NCCCN1CCCC1=O. The predicted octanol–water partition coefficient (Wildman–Crippen LogP) is 0.435. The quantitative estimate of drug-likeness (QED) is 0.514. The molecule has 4 nitrogen and oxygen atoms in total. The Kier molecular flexibility index (Phi) is 5.53. The molecule has 1 fully saturated rings. The number of amides is 2. The molecule has 1 rings (SSSR count). The number of nitrogens with one attached hydrogen (secondary N) is 1. The molecule has 1 saturated heterocycles. The highest BCUT2D eigenvalue weighted by Gasteiger charge is 2.18. The van der Waals surface area contributed by atoms with Crippen LogP contribution in [0.5, 0.6) is 0 Å². The van der Waals surface area contributed by atoms with E-state index in [0.717, 1.165) is 25.9 Å². The van der Waals surface area contributed by atoms with Crippen molar-refractivity contribution in [3.8, 4) is 0 Å². The van der Waals surface area contributed by atoms with Crippen LogP contribution in [0.2, 0.25) is 0 Å². The lowest BCUT2D eigenvalue weighted by atomic mass is 10.3. The molecule has 0 spiro atoms. The van der Waals surface area contributed by atoms with Gasteiger partial charge in [-0.15, -0.1) is 0 Å². The molecule has 1 N–H and O–H groups in total. The molecule has 0 unspecified atom stereocenters. The minimum Gasteiger partial charge on any atom is -0.356 e. The molecule has 0 atom stereocenters. The van der Waals surface area contributed by atoms with E-state index in [-0.39, 0.29) is 11.8 Å². The maximum atomic E-state index is 11.2. The average molecular weight is 230 g/mol. The highest BCUT2D eigenvalue weighted by Crippen LogP contribution is 2.09. The normalized spacial score (nSPS) is 15.8. The van der Waals surface area contributed by atoms with Crippen LogP contribution in [0.4, 0.5) is 0 Å². The van der Waals surface area contributed by atoms with Crippen molar-refractivity contribution >= 4 is 24.4 Å². The Bertz CT molecular complexity index is 233. The lowest BCUT2D eigenvalue weighted by molar-refractivity contribution is -0.127. The van der Waals surface area contributed by atoms with E-state index in [4.69, 9.17) is 0 Å². The fourth-order valence-corrected chi connectivity index (χ4v) is 1.83. The van der Waals surface area contributed by atoms with Crippen molar-refractivity contribution in [2.75, 3.05) is 25.4 Å². The lowest BCUT2D eigenvalue weighted by Gasteiger charge is -2.15. The highest BCUT2D eigenvalue weighted by molar-refractivity contribution is 7.80. The number of carbonyl (C=O) groups excluding carboxylic acids is 2. The maximum absolute atomic E-state index is 11.2. The minimum absolute atomic E-state index is 0.0396. The van der Waals surface area contributed by atoms with Crippen LogP contribution >= 0.6 is 12.6 Å². The van der Waals surface area contributed by atoms with Crippen molar-refractivity contribution < 1.29 is 9.59 Å². The summed E-state index contributed by atoms with van der Waals surface area (Å²) in [6.45, 7) is 2.29. The van der Waals surface area contributed by atoms with Gasteiger partial charge in [-0.3, -0.25) is 9.59 Å². The number of rotatable bonds is 6. The van der Waals surface area contributed by atoms with E-state index in [2.05, 4.69) is 17.9 Å². The van der Waals surface area contributed by atoms with E-state index in [1.807, 2.05) is 4.90 Å². The topological polar surface area (TPSA) is 49.4 Å². The molecule has 0 aromatic carbocycles. The highest BCUT2D eigenvalue weighted by atomic mass is 32.1. The number of nitrogens with zero attached hydrogens (tertiary/aromatic N) is 1. The van der Waals surface area contributed by atoms with Crippen molar-refractivity contribution in [2.45, 2.75) is 25.7 Å². The number of hydrogen-bond acceptors (Lipinski definition) is 3. The Hall–Kier alpha value is -0.710. The minimum atomic E-state index is 0.0396. The molecule has 0 saturated carbocycles. The largest absolute Gasteiger partial charge is 0.356 e. The first-order valence-electron chi connectivity index (χ1n) is 5.39. The summed E-state index contributed by atoms with van der Waals surface area (Å²) in [5, 5.41) is 2.80. The summed E-state index contributed by atoms with van der Waals surface area (Å²) >= 11 is 3.97. The van der Waals surface area contributed by atoms with Crippen molar-refractivity contribution in [1.82, 2.24) is 10.2 Å². The summed E-state index contributed by atoms with van der Waals surface area (Å²) in [6, 6.07) is 0. The molecule has 1 heterocycles. The third kappa shape index (κ3) is 4.55. The number of thiol groups is 1. The van der Waals surface area contributed by atoms with Crippen molar-refractivity contribution in [3.05, 3.63) is 0 Å². The van der Waals surface area contributed by atoms with Crippen molar-refractivity contribution in [2.24, 2.45) is 0 Å². The Morgan fingerprint density at radius 2 is 2.33 bits per heavy atom. The molecule has 0 bridgehead atoms. The molecule has 5 heteroatoms. The van der Waals surface area contributed by atoms with E-state index < -0.39 is 0 Å². The van der Waals surface area contributed by atoms with Crippen LogP contribution in [0.25, 0.3) is 0 Å². The van der Waals surface area contributed by atoms with Gasteiger partial charge < -0.3 is 10.2 Å². The number of likely N-dealkylation sites (tertiary alicyclic amines) is 1. The molecule has 2 amide bonds. The molecule has 15 heavy (non-hydrogen) atoms. The summed E-state index contributed by atoms with van der Waals surface area (Å²) in [7, 11) is 0. The number of carbonyl (C=O) groups is 2. The van der Waals surface area contributed by atoms with Crippen LogP contribution in [0.1, 0.15) is 25.7 Å². The predicted molar refractivity (Wildman–Crippen MR) is 61.9 cm³/mol. The van der Waals surface area contributed by atoms with Gasteiger partial charge in [0.25, 0.3) is 0 Å². The van der Waals surface area contributed by atoms with Crippen LogP contribution in [0.15, 0.2) is 0 Å². The zero-order valence-corrected chi connectivity index (χ0v) is 9.76. The van der Waals surface area contributed by atoms with Gasteiger partial charge in [0.15, 0.2) is 0 Å². The van der Waals surface area contributed by atoms with Crippen LogP contribution in [-0.4, -0.2) is 42.1 Å². The Balaban J connectivity index is 2.01. The smallest absolute Gasteiger partial charge is 0.222 e. The second-order valence-corrected chi connectivity index (χ2v) is 4.11. The van der Waals surface area contributed by atoms with Gasteiger partial charge in [0, 0.05) is 32.5 Å². The van der Waals surface area contributed by atoms with E-state index in [9.17, 15) is 9.59 Å². The summed E-state index contributed by atoms with van der Waals surface area (Å²) < 4.78 is 0. The van der Waals surface area contributed by atoms with E-state index in [1.54, 1.807) is 0 Å². The molecule has 1 aliphatic heterocycles. The second kappa shape index (κ2) is 6.71. The molecule has 0 aromatic heterocycles. The monoisotopic (exact) mass is 230 g/mol. The summed E-state index contributed by atoms with van der Waals surface area (Å²) in [4.78, 5) is 24.2. The van der Waals surface area contributed by atoms with Gasteiger partial charge in [-0.05, 0) is 18.6 Å². The van der Waals surface area contributed by atoms with Gasteiger partial charge in [0.2, 0.25) is 11.8 Å². The standard InChI is InChI=1S/C10H18N2O2S/c13-9(4-8-15)11-5-2-7-12-6-1-3-10(12)14/h15H,1-8H2,(H,11,13). The Morgan fingerprint density at radius 1 is 1.53 bits per heavy atom. The van der Waals surface area contributed by atoms with E-state index >= 15 is 0 Å². The van der Waals surface area contributed by atoms with Crippen molar-refractivity contribution in [1.29, 1.82) is 0 Å².